The minimum absolute atomic E-state index is 0.0128. The number of furan rings is 1. The maximum atomic E-state index is 12.8. The molecule has 0 spiro atoms. The lowest BCUT2D eigenvalue weighted by Crippen LogP contribution is -2.24. The van der Waals surface area contributed by atoms with E-state index < -0.39 is 0 Å². The van der Waals surface area contributed by atoms with Crippen LogP contribution in [0.3, 0.4) is 0 Å². The van der Waals surface area contributed by atoms with Crippen LogP contribution in [0.4, 0.5) is 5.82 Å². The van der Waals surface area contributed by atoms with Crippen LogP contribution < -0.4 is 15.4 Å². The van der Waals surface area contributed by atoms with Crippen molar-refractivity contribution < 1.29 is 13.9 Å². The Morgan fingerprint density at radius 3 is 2.74 bits per heavy atom. The Kier molecular flexibility index (Phi) is 4.14. The fourth-order valence-corrected chi connectivity index (χ4v) is 2.81. The molecule has 0 aliphatic heterocycles. The topological polar surface area (TPSA) is 115 Å². The molecule has 1 fully saturated rings. The molecule has 0 saturated heterocycles. The minimum atomic E-state index is -0.275. The highest BCUT2D eigenvalue weighted by molar-refractivity contribution is 6.10. The van der Waals surface area contributed by atoms with Crippen LogP contribution in [0.1, 0.15) is 41.6 Å². The van der Waals surface area contributed by atoms with Crippen LogP contribution in [0, 0.1) is 6.92 Å². The summed E-state index contributed by atoms with van der Waals surface area (Å²) < 4.78 is 10.7. The van der Waals surface area contributed by atoms with Gasteiger partial charge in [-0.2, -0.15) is 0 Å². The lowest BCUT2D eigenvalue weighted by molar-refractivity contribution is 0.0950. The van der Waals surface area contributed by atoms with Gasteiger partial charge in [0.05, 0.1) is 42.7 Å². The molecule has 1 aliphatic rings. The minimum Gasteiger partial charge on any atom is -0.480 e. The summed E-state index contributed by atoms with van der Waals surface area (Å²) in [4.78, 5) is 29.6. The summed E-state index contributed by atoms with van der Waals surface area (Å²) in [7, 11) is 1.52. The van der Waals surface area contributed by atoms with E-state index in [9.17, 15) is 4.79 Å². The summed E-state index contributed by atoms with van der Waals surface area (Å²) in [5, 5.41) is 6.85. The van der Waals surface area contributed by atoms with Crippen molar-refractivity contribution in [2.75, 3.05) is 12.4 Å². The van der Waals surface area contributed by atoms with Gasteiger partial charge in [-0.1, -0.05) is 0 Å². The lowest BCUT2D eigenvalue weighted by atomic mass is 10.1. The number of carbonyl (C=O) groups excluding carboxylic acids is 1. The van der Waals surface area contributed by atoms with Gasteiger partial charge in [-0.05, 0) is 26.7 Å². The molecule has 0 unspecified atom stereocenters. The van der Waals surface area contributed by atoms with E-state index in [1.54, 1.807) is 13.1 Å². The van der Waals surface area contributed by atoms with E-state index in [0.29, 0.717) is 39.8 Å². The van der Waals surface area contributed by atoms with Crippen LogP contribution in [0.5, 0.6) is 5.88 Å². The monoisotopic (exact) mass is 368 g/mol. The molecular formula is C18H20N6O3. The molecule has 0 bridgehead atoms. The van der Waals surface area contributed by atoms with Crippen molar-refractivity contribution in [3.8, 4) is 5.88 Å². The fraction of sp³-hybridized carbons (Fsp3) is 0.389. The second-order valence-electron chi connectivity index (χ2n) is 6.85. The number of nitrogens with one attached hydrogen (secondary N) is 2. The quantitative estimate of drug-likeness (QED) is 0.680. The number of ether oxygens (including phenoxy) is 1. The van der Waals surface area contributed by atoms with Crippen molar-refractivity contribution in [1.29, 1.82) is 0 Å². The van der Waals surface area contributed by atoms with Gasteiger partial charge in [-0.15, -0.1) is 0 Å². The van der Waals surface area contributed by atoms with Gasteiger partial charge in [0.15, 0.2) is 0 Å². The van der Waals surface area contributed by atoms with E-state index in [0.717, 1.165) is 12.8 Å². The van der Waals surface area contributed by atoms with Crippen molar-refractivity contribution in [2.24, 2.45) is 0 Å². The summed E-state index contributed by atoms with van der Waals surface area (Å²) in [5.74, 6) is 1.25. The van der Waals surface area contributed by atoms with Gasteiger partial charge in [-0.25, -0.2) is 15.0 Å². The molecule has 3 aromatic rings. The van der Waals surface area contributed by atoms with Gasteiger partial charge in [0.2, 0.25) is 11.6 Å². The van der Waals surface area contributed by atoms with Gasteiger partial charge in [0.1, 0.15) is 17.9 Å². The third kappa shape index (κ3) is 3.40. The molecule has 0 aromatic carbocycles. The number of rotatable bonds is 6. The number of hydrogen-bond acceptors (Lipinski definition) is 8. The van der Waals surface area contributed by atoms with Crippen molar-refractivity contribution in [3.05, 3.63) is 35.7 Å². The van der Waals surface area contributed by atoms with Crippen LogP contribution in [0.25, 0.3) is 11.1 Å². The number of nitrogens with zero attached hydrogens (tertiary/aromatic N) is 4. The number of aryl methyl sites for hydroxylation is 1. The van der Waals surface area contributed by atoms with E-state index in [4.69, 9.17) is 9.15 Å². The molecule has 140 valence electrons. The molecule has 4 rings (SSSR count). The number of methoxy groups -OCH3 is 1. The molecule has 9 nitrogen and oxygen atoms in total. The zero-order valence-corrected chi connectivity index (χ0v) is 15.4. The molecule has 0 atom stereocenters. The zero-order chi connectivity index (χ0) is 19.0. The van der Waals surface area contributed by atoms with Crippen LogP contribution in [-0.4, -0.2) is 38.5 Å². The molecule has 3 aromatic heterocycles. The highest BCUT2D eigenvalue weighted by atomic mass is 16.5. The number of carbonyl (C=O) groups is 1. The Labute approximate surface area is 155 Å². The van der Waals surface area contributed by atoms with E-state index in [1.165, 1.54) is 19.6 Å². The smallest absolute Gasteiger partial charge is 0.255 e. The number of anilines is 1. The van der Waals surface area contributed by atoms with Crippen LogP contribution >= 0.6 is 0 Å². The standard InChI is InChI=1S/C18H20N6O3/c1-10-13(16(25)21-7-11-6-20-12(26-3)8-19-11)14-15(24-18(2)4-5-18)22-9-23-17(14)27-10/h6,8-9H,4-5,7H2,1-3H3,(H,21,25)(H,22,23,24). The first-order valence-corrected chi connectivity index (χ1v) is 8.64. The first kappa shape index (κ1) is 17.2. The van der Waals surface area contributed by atoms with Gasteiger partial charge >= 0.3 is 0 Å². The second-order valence-corrected chi connectivity index (χ2v) is 6.85. The van der Waals surface area contributed by atoms with Crippen LogP contribution in [0.15, 0.2) is 23.1 Å². The highest BCUT2D eigenvalue weighted by Gasteiger charge is 2.38. The molecule has 0 radical (unpaired) electrons. The molecule has 3 heterocycles. The largest absolute Gasteiger partial charge is 0.480 e. The first-order chi connectivity index (χ1) is 13.0. The maximum absolute atomic E-state index is 12.8. The predicted octanol–water partition coefficient (Wildman–Crippen LogP) is 2.22. The molecule has 2 N–H and O–H groups in total. The van der Waals surface area contributed by atoms with Gasteiger partial charge < -0.3 is 19.8 Å². The van der Waals surface area contributed by atoms with Crippen molar-refractivity contribution in [1.82, 2.24) is 25.3 Å². The first-order valence-electron chi connectivity index (χ1n) is 8.64. The Morgan fingerprint density at radius 1 is 1.26 bits per heavy atom. The lowest BCUT2D eigenvalue weighted by Gasteiger charge is -2.13. The third-order valence-corrected chi connectivity index (χ3v) is 4.63. The van der Waals surface area contributed by atoms with Gasteiger partial charge in [0, 0.05) is 5.54 Å². The zero-order valence-electron chi connectivity index (χ0n) is 15.4. The number of hydrogen-bond donors (Lipinski definition) is 2. The Hall–Kier alpha value is -3.23. The molecule has 1 saturated carbocycles. The normalized spacial score (nSPS) is 14.8. The van der Waals surface area contributed by atoms with E-state index in [2.05, 4.69) is 37.5 Å². The summed E-state index contributed by atoms with van der Waals surface area (Å²) >= 11 is 0. The molecule has 1 aliphatic carbocycles. The predicted molar refractivity (Wildman–Crippen MR) is 97.6 cm³/mol. The Morgan fingerprint density at radius 2 is 2.07 bits per heavy atom. The second kappa shape index (κ2) is 6.49. The Bertz CT molecular complexity index is 994. The van der Waals surface area contributed by atoms with Gasteiger partial charge in [0.25, 0.3) is 5.91 Å². The number of fused-ring (bicyclic) bond motifs is 1. The molecular weight excluding hydrogens is 348 g/mol. The number of amides is 1. The average Bonchev–Trinajstić information content (AvgIpc) is 3.28. The fourth-order valence-electron chi connectivity index (χ4n) is 2.81. The molecule has 1 amide bonds. The molecule has 9 heteroatoms. The SMILES string of the molecule is COc1cnc(CNC(=O)c2c(C)oc3ncnc(NC4(C)CC4)c23)cn1. The summed E-state index contributed by atoms with van der Waals surface area (Å²) in [6.45, 7) is 4.10. The van der Waals surface area contributed by atoms with E-state index in [-0.39, 0.29) is 18.0 Å². The maximum Gasteiger partial charge on any atom is 0.255 e. The number of aromatic nitrogens is 4. The third-order valence-electron chi connectivity index (χ3n) is 4.63. The van der Waals surface area contributed by atoms with Gasteiger partial charge in [-0.3, -0.25) is 9.78 Å². The summed E-state index contributed by atoms with van der Waals surface area (Å²) in [6, 6.07) is 0. The van der Waals surface area contributed by atoms with E-state index >= 15 is 0 Å². The van der Waals surface area contributed by atoms with Crippen molar-refractivity contribution >= 4 is 22.8 Å². The van der Waals surface area contributed by atoms with Crippen LogP contribution in [0.2, 0.25) is 0 Å². The highest BCUT2D eigenvalue weighted by Crippen LogP contribution is 2.40. The average molecular weight is 368 g/mol. The summed E-state index contributed by atoms with van der Waals surface area (Å²) in [5.41, 5.74) is 1.45. The van der Waals surface area contributed by atoms with E-state index in [1.807, 2.05) is 0 Å². The van der Waals surface area contributed by atoms with Crippen LogP contribution in [-0.2, 0) is 6.54 Å². The molecule has 27 heavy (non-hydrogen) atoms. The van der Waals surface area contributed by atoms with Crippen molar-refractivity contribution in [2.45, 2.75) is 38.8 Å². The summed E-state index contributed by atoms with van der Waals surface area (Å²) in [6.07, 6.45) is 6.63. The van der Waals surface area contributed by atoms with Crippen molar-refractivity contribution in [3.63, 3.8) is 0 Å². The Balaban J connectivity index is 1.59.